The van der Waals surface area contributed by atoms with Crippen molar-refractivity contribution in [3.8, 4) is 0 Å². The fourth-order valence-corrected chi connectivity index (χ4v) is 2.12. The van der Waals surface area contributed by atoms with Crippen LogP contribution in [0.4, 0.5) is 4.39 Å². The lowest BCUT2D eigenvalue weighted by atomic mass is 10.0. The van der Waals surface area contributed by atoms with Gasteiger partial charge in [-0.25, -0.2) is 4.39 Å². The first kappa shape index (κ1) is 12.1. The lowest BCUT2D eigenvalue weighted by Crippen LogP contribution is -2.24. The Balaban J connectivity index is 1.86. The molecule has 2 rings (SSSR count). The summed E-state index contributed by atoms with van der Waals surface area (Å²) >= 11 is 3.27. The van der Waals surface area contributed by atoms with E-state index in [0.29, 0.717) is 5.92 Å². The molecule has 1 aliphatic rings. The largest absolute Gasteiger partial charge is 0.314 e. The highest BCUT2D eigenvalue weighted by molar-refractivity contribution is 9.10. The second-order valence-corrected chi connectivity index (χ2v) is 5.64. The SMILES string of the molecule is CC(CNC1CC1)Cc1ccc(Br)cc1F. The molecule has 0 bridgehead atoms. The average Bonchev–Trinajstić information content (AvgIpc) is 3.03. The van der Waals surface area contributed by atoms with Gasteiger partial charge in [-0.1, -0.05) is 28.9 Å². The van der Waals surface area contributed by atoms with E-state index in [4.69, 9.17) is 0 Å². The molecule has 0 radical (unpaired) electrons. The van der Waals surface area contributed by atoms with Gasteiger partial charge in [0.2, 0.25) is 0 Å². The van der Waals surface area contributed by atoms with Gasteiger partial charge in [0, 0.05) is 10.5 Å². The summed E-state index contributed by atoms with van der Waals surface area (Å²) in [5, 5.41) is 3.48. The van der Waals surface area contributed by atoms with Gasteiger partial charge in [0.1, 0.15) is 5.82 Å². The summed E-state index contributed by atoms with van der Waals surface area (Å²) in [6, 6.07) is 6.04. The van der Waals surface area contributed by atoms with Crippen molar-refractivity contribution in [2.24, 2.45) is 5.92 Å². The first-order chi connectivity index (χ1) is 7.65. The summed E-state index contributed by atoms with van der Waals surface area (Å²) in [4.78, 5) is 0. The average molecular weight is 286 g/mol. The Hall–Kier alpha value is -0.410. The second-order valence-electron chi connectivity index (χ2n) is 4.73. The standard InChI is InChI=1S/C13H17BrFN/c1-9(8-16-12-4-5-12)6-10-2-3-11(14)7-13(10)15/h2-3,7,9,12,16H,4-6,8H2,1H3. The van der Waals surface area contributed by atoms with Crippen molar-refractivity contribution in [2.75, 3.05) is 6.54 Å². The summed E-state index contributed by atoms with van der Waals surface area (Å²) in [5.74, 6) is 0.379. The van der Waals surface area contributed by atoms with Crippen LogP contribution in [0.2, 0.25) is 0 Å². The molecule has 0 spiro atoms. The van der Waals surface area contributed by atoms with Gasteiger partial charge >= 0.3 is 0 Å². The van der Waals surface area contributed by atoms with E-state index in [1.807, 2.05) is 12.1 Å². The van der Waals surface area contributed by atoms with E-state index in [-0.39, 0.29) is 5.82 Å². The van der Waals surface area contributed by atoms with Gasteiger partial charge in [-0.2, -0.15) is 0 Å². The fraction of sp³-hybridized carbons (Fsp3) is 0.538. The molecule has 0 aliphatic heterocycles. The van der Waals surface area contributed by atoms with Crippen LogP contribution < -0.4 is 5.32 Å². The monoisotopic (exact) mass is 285 g/mol. The summed E-state index contributed by atoms with van der Waals surface area (Å²) in [7, 11) is 0. The third-order valence-corrected chi connectivity index (χ3v) is 3.41. The van der Waals surface area contributed by atoms with Crippen LogP contribution in [0.3, 0.4) is 0 Å². The summed E-state index contributed by atoms with van der Waals surface area (Å²) in [5.41, 5.74) is 0.813. The van der Waals surface area contributed by atoms with Gasteiger partial charge in [0.15, 0.2) is 0 Å². The molecule has 3 heteroatoms. The first-order valence-electron chi connectivity index (χ1n) is 5.82. The molecule has 1 fully saturated rings. The van der Waals surface area contributed by atoms with Gasteiger partial charge in [-0.15, -0.1) is 0 Å². The molecule has 1 nitrogen and oxygen atoms in total. The van der Waals surface area contributed by atoms with Crippen LogP contribution in [0.15, 0.2) is 22.7 Å². The van der Waals surface area contributed by atoms with E-state index in [2.05, 4.69) is 28.2 Å². The number of rotatable bonds is 5. The first-order valence-corrected chi connectivity index (χ1v) is 6.62. The van der Waals surface area contributed by atoms with Gasteiger partial charge in [-0.05, 0) is 49.4 Å². The van der Waals surface area contributed by atoms with Crippen LogP contribution in [0.5, 0.6) is 0 Å². The molecular weight excluding hydrogens is 269 g/mol. The maximum absolute atomic E-state index is 13.6. The summed E-state index contributed by atoms with van der Waals surface area (Å²) in [6.07, 6.45) is 3.41. The zero-order chi connectivity index (χ0) is 11.5. The Kier molecular flexibility index (Phi) is 3.98. The van der Waals surface area contributed by atoms with E-state index < -0.39 is 0 Å². The second kappa shape index (κ2) is 5.28. The Bertz CT molecular complexity index is 363. The van der Waals surface area contributed by atoms with Gasteiger partial charge in [0.25, 0.3) is 0 Å². The number of nitrogens with one attached hydrogen (secondary N) is 1. The minimum absolute atomic E-state index is 0.104. The molecule has 0 saturated heterocycles. The number of halogens is 2. The van der Waals surface area contributed by atoms with Crippen molar-refractivity contribution in [2.45, 2.75) is 32.2 Å². The highest BCUT2D eigenvalue weighted by atomic mass is 79.9. The molecule has 1 aromatic carbocycles. The highest BCUT2D eigenvalue weighted by Crippen LogP contribution is 2.20. The molecule has 1 atom stereocenters. The van der Waals surface area contributed by atoms with Gasteiger partial charge in [0.05, 0.1) is 0 Å². The predicted octanol–water partition coefficient (Wildman–Crippen LogP) is 3.52. The van der Waals surface area contributed by atoms with Crippen LogP contribution in [-0.4, -0.2) is 12.6 Å². The molecule has 0 amide bonds. The normalized spacial score (nSPS) is 17.4. The summed E-state index contributed by atoms with van der Waals surface area (Å²) in [6.45, 7) is 3.15. The Labute approximate surface area is 105 Å². The predicted molar refractivity (Wildman–Crippen MR) is 68.0 cm³/mol. The van der Waals surface area contributed by atoms with Crippen LogP contribution in [0, 0.1) is 11.7 Å². The summed E-state index contributed by atoms with van der Waals surface area (Å²) < 4.78 is 14.4. The smallest absolute Gasteiger partial charge is 0.127 e. The lowest BCUT2D eigenvalue weighted by Gasteiger charge is -2.13. The molecule has 88 valence electrons. The number of benzene rings is 1. The zero-order valence-electron chi connectivity index (χ0n) is 9.47. The van der Waals surface area contributed by atoms with Crippen molar-refractivity contribution in [3.63, 3.8) is 0 Å². The number of hydrogen-bond acceptors (Lipinski definition) is 1. The molecule has 0 heterocycles. The molecular formula is C13H17BrFN. The van der Waals surface area contributed by atoms with Crippen molar-refractivity contribution in [1.29, 1.82) is 0 Å². The van der Waals surface area contributed by atoms with Crippen LogP contribution in [0.25, 0.3) is 0 Å². The Morgan fingerprint density at radius 3 is 2.88 bits per heavy atom. The molecule has 0 aromatic heterocycles. The topological polar surface area (TPSA) is 12.0 Å². The molecule has 1 unspecified atom stereocenters. The minimum atomic E-state index is -0.104. The minimum Gasteiger partial charge on any atom is -0.314 e. The molecule has 1 aromatic rings. The van der Waals surface area contributed by atoms with Crippen molar-refractivity contribution < 1.29 is 4.39 Å². The quantitative estimate of drug-likeness (QED) is 0.873. The maximum Gasteiger partial charge on any atom is 0.127 e. The van der Waals surface area contributed by atoms with Crippen molar-refractivity contribution in [3.05, 3.63) is 34.1 Å². The maximum atomic E-state index is 13.6. The van der Waals surface area contributed by atoms with Crippen LogP contribution in [-0.2, 0) is 6.42 Å². The third kappa shape index (κ3) is 3.56. The van der Waals surface area contributed by atoms with Crippen molar-refractivity contribution >= 4 is 15.9 Å². The van der Waals surface area contributed by atoms with Crippen LogP contribution >= 0.6 is 15.9 Å². The molecule has 1 aliphatic carbocycles. The zero-order valence-corrected chi connectivity index (χ0v) is 11.1. The third-order valence-electron chi connectivity index (χ3n) is 2.92. The van der Waals surface area contributed by atoms with E-state index >= 15 is 0 Å². The van der Waals surface area contributed by atoms with E-state index in [1.165, 1.54) is 18.9 Å². The lowest BCUT2D eigenvalue weighted by molar-refractivity contribution is 0.495. The van der Waals surface area contributed by atoms with E-state index in [9.17, 15) is 4.39 Å². The fourth-order valence-electron chi connectivity index (χ4n) is 1.79. The van der Waals surface area contributed by atoms with Gasteiger partial charge < -0.3 is 5.32 Å². The van der Waals surface area contributed by atoms with E-state index in [1.54, 1.807) is 0 Å². The van der Waals surface area contributed by atoms with Gasteiger partial charge in [-0.3, -0.25) is 0 Å². The van der Waals surface area contributed by atoms with Crippen molar-refractivity contribution in [1.82, 2.24) is 5.32 Å². The van der Waals surface area contributed by atoms with Crippen LogP contribution in [0.1, 0.15) is 25.3 Å². The highest BCUT2D eigenvalue weighted by Gasteiger charge is 2.21. The molecule has 16 heavy (non-hydrogen) atoms. The van der Waals surface area contributed by atoms with E-state index in [0.717, 1.165) is 29.0 Å². The Morgan fingerprint density at radius 2 is 2.25 bits per heavy atom. The molecule has 1 saturated carbocycles. The molecule has 1 N–H and O–H groups in total. The Morgan fingerprint density at radius 1 is 1.50 bits per heavy atom. The number of hydrogen-bond donors (Lipinski definition) is 1.